The van der Waals surface area contributed by atoms with Gasteiger partial charge in [0.2, 0.25) is 0 Å². The Balaban J connectivity index is 1.61. The molecule has 0 spiro atoms. The van der Waals surface area contributed by atoms with Crippen molar-refractivity contribution in [2.24, 2.45) is 5.92 Å². The quantitative estimate of drug-likeness (QED) is 0.558. The number of carbonyl (C=O) groups is 2. The molecule has 0 aliphatic carbocycles. The first-order valence-corrected chi connectivity index (χ1v) is 9.40. The predicted molar refractivity (Wildman–Crippen MR) is 107 cm³/mol. The van der Waals surface area contributed by atoms with E-state index < -0.39 is 36.1 Å². The van der Waals surface area contributed by atoms with Gasteiger partial charge in [-0.25, -0.2) is 13.8 Å². The fraction of sp³-hybridized carbons (Fsp3) is 0.300. The SMILES string of the molecule is C[C@@H]1CN(C(=O)C(=O)Nc2cnc(N)c3cn[nH]c23)[C@@H](c2ccccc2)CC1(F)F. The highest BCUT2D eigenvalue weighted by Crippen LogP contribution is 2.43. The van der Waals surface area contributed by atoms with Crippen LogP contribution in [0.3, 0.4) is 0 Å². The first-order chi connectivity index (χ1) is 14.3. The van der Waals surface area contributed by atoms with Crippen LogP contribution in [0.25, 0.3) is 10.9 Å². The van der Waals surface area contributed by atoms with Crippen LogP contribution in [-0.4, -0.2) is 44.4 Å². The summed E-state index contributed by atoms with van der Waals surface area (Å²) < 4.78 is 28.9. The van der Waals surface area contributed by atoms with E-state index in [1.807, 2.05) is 0 Å². The molecule has 1 saturated heterocycles. The van der Waals surface area contributed by atoms with Crippen molar-refractivity contribution in [1.29, 1.82) is 0 Å². The Kier molecular flexibility index (Phi) is 4.84. The number of carbonyl (C=O) groups excluding carboxylic acids is 2. The highest BCUT2D eigenvalue weighted by Gasteiger charge is 2.48. The van der Waals surface area contributed by atoms with Crippen LogP contribution in [-0.2, 0) is 9.59 Å². The van der Waals surface area contributed by atoms with Crippen LogP contribution in [0.1, 0.15) is 24.9 Å². The lowest BCUT2D eigenvalue weighted by atomic mass is 9.86. The zero-order valence-corrected chi connectivity index (χ0v) is 16.1. The predicted octanol–water partition coefficient (Wildman–Crippen LogP) is 2.72. The zero-order chi connectivity index (χ0) is 21.5. The Labute approximate surface area is 170 Å². The van der Waals surface area contributed by atoms with Crippen molar-refractivity contribution >= 4 is 34.2 Å². The van der Waals surface area contributed by atoms with Gasteiger partial charge in [0.1, 0.15) is 5.82 Å². The summed E-state index contributed by atoms with van der Waals surface area (Å²) in [6.07, 6.45) is 2.21. The minimum atomic E-state index is -2.95. The number of benzene rings is 1. The number of H-pyrrole nitrogens is 1. The molecular formula is C20H20F2N6O2. The summed E-state index contributed by atoms with van der Waals surface area (Å²) in [4.78, 5) is 30.9. The van der Waals surface area contributed by atoms with E-state index in [0.29, 0.717) is 16.5 Å². The number of hydrogen-bond donors (Lipinski definition) is 3. The lowest BCUT2D eigenvalue weighted by Gasteiger charge is -2.42. The number of aromatic nitrogens is 3. The Hall–Kier alpha value is -3.56. The van der Waals surface area contributed by atoms with E-state index in [2.05, 4.69) is 20.5 Å². The summed E-state index contributed by atoms with van der Waals surface area (Å²) in [6, 6.07) is 7.62. The summed E-state index contributed by atoms with van der Waals surface area (Å²) in [6.45, 7) is 1.13. The maximum absolute atomic E-state index is 14.4. The lowest BCUT2D eigenvalue weighted by Crippen LogP contribution is -2.52. The third-order valence-electron chi connectivity index (χ3n) is 5.44. The van der Waals surface area contributed by atoms with Crippen LogP contribution in [0.5, 0.6) is 0 Å². The third-order valence-corrected chi connectivity index (χ3v) is 5.44. The van der Waals surface area contributed by atoms with Gasteiger partial charge >= 0.3 is 11.8 Å². The van der Waals surface area contributed by atoms with Crippen molar-refractivity contribution in [3.8, 4) is 0 Å². The summed E-state index contributed by atoms with van der Waals surface area (Å²) >= 11 is 0. The van der Waals surface area contributed by atoms with Gasteiger partial charge in [-0.05, 0) is 5.56 Å². The molecule has 0 saturated carbocycles. The molecule has 4 rings (SSSR count). The molecule has 1 fully saturated rings. The second kappa shape index (κ2) is 7.36. The molecule has 0 unspecified atom stereocenters. The molecule has 30 heavy (non-hydrogen) atoms. The molecule has 156 valence electrons. The van der Waals surface area contributed by atoms with Crippen LogP contribution in [0.2, 0.25) is 0 Å². The fourth-order valence-corrected chi connectivity index (χ4v) is 3.68. The smallest absolute Gasteiger partial charge is 0.314 e. The Bertz CT molecular complexity index is 1100. The number of amides is 2. The van der Waals surface area contributed by atoms with Gasteiger partial charge in [0.15, 0.2) is 0 Å². The van der Waals surface area contributed by atoms with Crippen molar-refractivity contribution in [3.05, 3.63) is 48.3 Å². The van der Waals surface area contributed by atoms with E-state index in [9.17, 15) is 18.4 Å². The Morgan fingerprint density at radius 1 is 1.27 bits per heavy atom. The number of nitrogens with two attached hydrogens (primary N) is 1. The summed E-state index contributed by atoms with van der Waals surface area (Å²) in [5.41, 5.74) is 6.96. The topological polar surface area (TPSA) is 117 Å². The number of pyridine rings is 1. The van der Waals surface area contributed by atoms with Gasteiger partial charge in [0.05, 0.1) is 35.0 Å². The van der Waals surface area contributed by atoms with Crippen molar-refractivity contribution in [3.63, 3.8) is 0 Å². The lowest BCUT2D eigenvalue weighted by molar-refractivity contribution is -0.159. The molecule has 3 heterocycles. The molecule has 2 aromatic heterocycles. The van der Waals surface area contributed by atoms with Crippen molar-refractivity contribution in [1.82, 2.24) is 20.1 Å². The first kappa shape index (κ1) is 19.7. The number of nitrogen functional groups attached to an aromatic ring is 1. The third kappa shape index (κ3) is 3.44. The van der Waals surface area contributed by atoms with Gasteiger partial charge in [-0.2, -0.15) is 5.10 Å². The molecule has 0 radical (unpaired) electrons. The minimum absolute atomic E-state index is 0.222. The van der Waals surface area contributed by atoms with E-state index in [4.69, 9.17) is 5.73 Å². The van der Waals surface area contributed by atoms with Crippen molar-refractivity contribution in [2.75, 3.05) is 17.6 Å². The van der Waals surface area contributed by atoms with Crippen molar-refractivity contribution < 1.29 is 18.4 Å². The van der Waals surface area contributed by atoms with Crippen LogP contribution in [0, 0.1) is 5.92 Å². The van der Waals surface area contributed by atoms with Gasteiger partial charge in [-0.15, -0.1) is 0 Å². The van der Waals surface area contributed by atoms with Gasteiger partial charge in [0.25, 0.3) is 5.92 Å². The van der Waals surface area contributed by atoms with Crippen LogP contribution < -0.4 is 11.1 Å². The summed E-state index contributed by atoms with van der Waals surface area (Å²) in [5.74, 6) is -5.64. The number of fused-ring (bicyclic) bond motifs is 1. The molecule has 1 aliphatic heterocycles. The van der Waals surface area contributed by atoms with E-state index in [-0.39, 0.29) is 18.1 Å². The number of nitrogens with one attached hydrogen (secondary N) is 2. The number of likely N-dealkylation sites (tertiary alicyclic amines) is 1. The van der Waals surface area contributed by atoms with Crippen LogP contribution >= 0.6 is 0 Å². The maximum Gasteiger partial charge on any atom is 0.314 e. The molecule has 4 N–H and O–H groups in total. The monoisotopic (exact) mass is 414 g/mol. The molecule has 8 nitrogen and oxygen atoms in total. The molecule has 1 aromatic carbocycles. The Morgan fingerprint density at radius 2 is 2.00 bits per heavy atom. The summed E-state index contributed by atoms with van der Waals surface area (Å²) in [7, 11) is 0. The number of piperidine rings is 1. The van der Waals surface area contributed by atoms with Gasteiger partial charge in [0, 0.05) is 18.9 Å². The zero-order valence-electron chi connectivity index (χ0n) is 16.1. The number of hydrogen-bond acceptors (Lipinski definition) is 5. The largest absolute Gasteiger partial charge is 0.383 e. The van der Waals surface area contributed by atoms with Crippen molar-refractivity contribution in [2.45, 2.75) is 25.3 Å². The van der Waals surface area contributed by atoms with Crippen LogP contribution in [0.4, 0.5) is 20.3 Å². The number of halogens is 2. The number of anilines is 2. The first-order valence-electron chi connectivity index (χ1n) is 9.40. The summed E-state index contributed by atoms with van der Waals surface area (Å²) in [5, 5.41) is 9.55. The second-order valence-electron chi connectivity index (χ2n) is 7.42. The average molecular weight is 414 g/mol. The number of alkyl halides is 2. The molecule has 0 bridgehead atoms. The molecule has 1 aliphatic rings. The van der Waals surface area contributed by atoms with E-state index in [1.54, 1.807) is 30.3 Å². The maximum atomic E-state index is 14.4. The van der Waals surface area contributed by atoms with E-state index >= 15 is 0 Å². The Morgan fingerprint density at radius 3 is 2.73 bits per heavy atom. The highest BCUT2D eigenvalue weighted by atomic mass is 19.3. The number of aromatic amines is 1. The van der Waals surface area contributed by atoms with Gasteiger partial charge in [-0.1, -0.05) is 37.3 Å². The molecule has 3 aromatic rings. The minimum Gasteiger partial charge on any atom is -0.383 e. The number of nitrogens with zero attached hydrogens (tertiary/aromatic N) is 3. The average Bonchev–Trinajstić information content (AvgIpc) is 3.23. The fourth-order valence-electron chi connectivity index (χ4n) is 3.68. The molecule has 2 amide bonds. The molecule has 2 atom stereocenters. The van der Waals surface area contributed by atoms with E-state index in [1.165, 1.54) is 24.2 Å². The number of rotatable bonds is 2. The standard InChI is InChI=1S/C20H20F2N6O2/c1-11-10-28(15(7-20(11,21)22)12-5-3-2-4-6-12)19(30)18(29)26-14-9-24-17(23)13-8-25-27-16(13)14/h2-6,8-9,11,15H,7,10H2,1H3,(H2,23,24)(H,25,27)(H,26,29)/t11-,15-/m1/s1. The second-order valence-corrected chi connectivity index (χ2v) is 7.42. The highest BCUT2D eigenvalue weighted by molar-refractivity contribution is 6.40. The molecule has 10 heteroatoms. The van der Waals surface area contributed by atoms with Crippen LogP contribution in [0.15, 0.2) is 42.7 Å². The van der Waals surface area contributed by atoms with E-state index in [0.717, 1.165) is 0 Å². The van der Waals surface area contributed by atoms with Gasteiger partial charge in [-0.3, -0.25) is 14.7 Å². The normalized spacial score (nSPS) is 20.8. The van der Waals surface area contributed by atoms with Gasteiger partial charge < -0.3 is 16.0 Å². The molecular weight excluding hydrogens is 394 g/mol.